The minimum Gasteiger partial charge on any atom is -0.437 e. The van der Waals surface area contributed by atoms with E-state index in [1.165, 1.54) is 10.8 Å². The number of carbonyl (C=O) groups excluding carboxylic acids is 1. The average Bonchev–Trinajstić information content (AvgIpc) is 2.75. The van der Waals surface area contributed by atoms with Gasteiger partial charge in [-0.1, -0.05) is 24.3 Å². The molecule has 30 heavy (non-hydrogen) atoms. The number of para-hydroxylation sites is 2. The number of ether oxygens (including phenoxy) is 1. The maximum absolute atomic E-state index is 12.7. The molecule has 0 saturated heterocycles. The maximum atomic E-state index is 12.7. The van der Waals surface area contributed by atoms with Crippen LogP contribution in [0.2, 0.25) is 0 Å². The number of hydrogen-bond acceptors (Lipinski definition) is 5. The predicted molar refractivity (Wildman–Crippen MR) is 115 cm³/mol. The van der Waals surface area contributed by atoms with Crippen LogP contribution in [-0.2, 0) is 11.3 Å². The molecule has 4 aromatic rings. The number of anilines is 1. The summed E-state index contributed by atoms with van der Waals surface area (Å²) < 4.78 is 7.35. The fourth-order valence-electron chi connectivity index (χ4n) is 3.12. The molecule has 4 rings (SSSR count). The van der Waals surface area contributed by atoms with Crippen LogP contribution in [0.25, 0.3) is 11.0 Å². The van der Waals surface area contributed by atoms with E-state index < -0.39 is 0 Å². The van der Waals surface area contributed by atoms with E-state index in [0.29, 0.717) is 22.5 Å². The highest BCUT2D eigenvalue weighted by atomic mass is 16.5. The lowest BCUT2D eigenvalue weighted by atomic mass is 10.1. The molecule has 0 radical (unpaired) electrons. The molecule has 7 heteroatoms. The maximum Gasteiger partial charge on any atom is 0.269 e. The summed E-state index contributed by atoms with van der Waals surface area (Å²) in [6, 6.07) is 16.4. The van der Waals surface area contributed by atoms with Crippen LogP contribution >= 0.6 is 0 Å². The lowest BCUT2D eigenvalue weighted by molar-refractivity contribution is -0.116. The predicted octanol–water partition coefficient (Wildman–Crippen LogP) is 3.84. The first-order valence-electron chi connectivity index (χ1n) is 9.46. The number of pyridine rings is 1. The largest absolute Gasteiger partial charge is 0.437 e. The van der Waals surface area contributed by atoms with E-state index in [2.05, 4.69) is 15.3 Å². The summed E-state index contributed by atoms with van der Waals surface area (Å²) >= 11 is 0. The van der Waals surface area contributed by atoms with Crippen molar-refractivity contribution in [3.05, 3.63) is 88.5 Å². The quantitative estimate of drug-likeness (QED) is 0.550. The van der Waals surface area contributed by atoms with Gasteiger partial charge in [-0.2, -0.15) is 0 Å². The Kier molecular flexibility index (Phi) is 5.26. The lowest BCUT2D eigenvalue weighted by Gasteiger charge is -2.14. The van der Waals surface area contributed by atoms with E-state index in [4.69, 9.17) is 4.74 Å². The molecular formula is C23H20N4O3. The number of nitrogens with one attached hydrogen (secondary N) is 1. The lowest BCUT2D eigenvalue weighted by Crippen LogP contribution is -2.28. The van der Waals surface area contributed by atoms with Crippen molar-refractivity contribution >= 4 is 22.6 Å². The van der Waals surface area contributed by atoms with Crippen molar-refractivity contribution < 1.29 is 9.53 Å². The van der Waals surface area contributed by atoms with Crippen molar-refractivity contribution in [3.63, 3.8) is 0 Å². The Morgan fingerprint density at radius 2 is 1.87 bits per heavy atom. The number of amides is 1. The van der Waals surface area contributed by atoms with Gasteiger partial charge in [0.1, 0.15) is 18.0 Å². The third kappa shape index (κ3) is 3.91. The Morgan fingerprint density at radius 1 is 1.03 bits per heavy atom. The van der Waals surface area contributed by atoms with Gasteiger partial charge >= 0.3 is 0 Å². The van der Waals surface area contributed by atoms with Gasteiger partial charge in [-0.05, 0) is 55.3 Å². The van der Waals surface area contributed by atoms with E-state index >= 15 is 0 Å². The fraction of sp³-hybridized carbons (Fsp3) is 0.130. The summed E-state index contributed by atoms with van der Waals surface area (Å²) in [4.78, 5) is 33.4. The molecular weight excluding hydrogens is 380 g/mol. The van der Waals surface area contributed by atoms with E-state index in [-0.39, 0.29) is 23.9 Å². The summed E-state index contributed by atoms with van der Waals surface area (Å²) in [5.41, 5.74) is 3.41. The van der Waals surface area contributed by atoms with E-state index in [9.17, 15) is 9.59 Å². The molecule has 1 N–H and O–H groups in total. The Balaban J connectivity index is 1.59. The summed E-state index contributed by atoms with van der Waals surface area (Å²) in [6.45, 7) is 3.81. The van der Waals surface area contributed by atoms with Gasteiger partial charge < -0.3 is 10.1 Å². The van der Waals surface area contributed by atoms with Gasteiger partial charge in [0.05, 0.1) is 17.2 Å². The van der Waals surface area contributed by atoms with Crippen molar-refractivity contribution in [2.75, 3.05) is 5.32 Å². The minimum absolute atomic E-state index is 0.153. The molecule has 0 aliphatic rings. The van der Waals surface area contributed by atoms with E-state index in [1.807, 2.05) is 38.1 Å². The first-order valence-corrected chi connectivity index (χ1v) is 9.46. The van der Waals surface area contributed by atoms with Crippen LogP contribution in [0.1, 0.15) is 11.1 Å². The number of nitrogens with zero attached hydrogens (tertiary/aromatic N) is 3. The Morgan fingerprint density at radius 3 is 2.73 bits per heavy atom. The molecule has 0 saturated carbocycles. The summed E-state index contributed by atoms with van der Waals surface area (Å²) in [5, 5.41) is 2.80. The van der Waals surface area contributed by atoms with Gasteiger partial charge in [-0.3, -0.25) is 14.2 Å². The number of rotatable bonds is 5. The molecule has 0 bridgehead atoms. The SMILES string of the molecule is Cc1cccc(Oc2ncccc2NC(=O)Cn2c(=O)cnc3ccccc32)c1C. The smallest absolute Gasteiger partial charge is 0.269 e. The van der Waals surface area contributed by atoms with Gasteiger partial charge in [0.15, 0.2) is 0 Å². The van der Waals surface area contributed by atoms with E-state index in [0.717, 1.165) is 11.1 Å². The topological polar surface area (TPSA) is 86.1 Å². The number of benzene rings is 2. The van der Waals surface area contributed by atoms with Crippen molar-refractivity contribution in [1.82, 2.24) is 14.5 Å². The van der Waals surface area contributed by atoms with Gasteiger partial charge in [-0.25, -0.2) is 9.97 Å². The second-order valence-corrected chi connectivity index (χ2v) is 6.88. The van der Waals surface area contributed by atoms with Crippen LogP contribution in [0.4, 0.5) is 5.69 Å². The van der Waals surface area contributed by atoms with Crippen molar-refractivity contribution in [3.8, 4) is 11.6 Å². The molecule has 150 valence electrons. The minimum atomic E-state index is -0.368. The highest BCUT2D eigenvalue weighted by Gasteiger charge is 2.14. The third-order valence-corrected chi connectivity index (χ3v) is 4.86. The van der Waals surface area contributed by atoms with Crippen LogP contribution in [0.5, 0.6) is 11.6 Å². The van der Waals surface area contributed by atoms with Crippen LogP contribution in [0.3, 0.4) is 0 Å². The zero-order chi connectivity index (χ0) is 21.1. The van der Waals surface area contributed by atoms with Crippen molar-refractivity contribution in [1.29, 1.82) is 0 Å². The molecule has 0 spiro atoms. The van der Waals surface area contributed by atoms with Crippen LogP contribution in [0.15, 0.2) is 71.8 Å². The third-order valence-electron chi connectivity index (χ3n) is 4.86. The Hall–Kier alpha value is -4.00. The first kappa shape index (κ1) is 19.3. The molecule has 1 amide bonds. The van der Waals surface area contributed by atoms with Gasteiger partial charge in [-0.15, -0.1) is 0 Å². The van der Waals surface area contributed by atoms with E-state index in [1.54, 1.807) is 36.5 Å². The molecule has 2 aromatic heterocycles. The normalized spacial score (nSPS) is 10.7. The number of carbonyl (C=O) groups is 1. The molecule has 0 atom stereocenters. The molecule has 0 aliphatic carbocycles. The Labute approximate surface area is 173 Å². The molecule has 7 nitrogen and oxygen atoms in total. The fourth-order valence-corrected chi connectivity index (χ4v) is 3.12. The molecule has 0 unspecified atom stereocenters. The van der Waals surface area contributed by atoms with Gasteiger partial charge in [0.25, 0.3) is 5.56 Å². The second kappa shape index (κ2) is 8.16. The summed E-state index contributed by atoms with van der Waals surface area (Å²) in [6.07, 6.45) is 2.81. The Bertz CT molecular complexity index is 1300. The number of aryl methyl sites for hydroxylation is 1. The average molecular weight is 400 g/mol. The zero-order valence-corrected chi connectivity index (χ0v) is 16.6. The molecule has 0 aliphatic heterocycles. The number of hydrogen-bond donors (Lipinski definition) is 1. The molecule has 2 heterocycles. The van der Waals surface area contributed by atoms with Gasteiger partial charge in [0, 0.05) is 6.20 Å². The monoisotopic (exact) mass is 400 g/mol. The standard InChI is InChI=1S/C23H20N4O3/c1-15-7-5-11-20(16(15)2)30-23-18(9-6-12-24-23)26-21(28)14-27-19-10-4-3-8-17(19)25-13-22(27)29/h3-13H,14H2,1-2H3,(H,26,28). The van der Waals surface area contributed by atoms with Crippen molar-refractivity contribution in [2.45, 2.75) is 20.4 Å². The van der Waals surface area contributed by atoms with Crippen LogP contribution in [-0.4, -0.2) is 20.4 Å². The number of aromatic nitrogens is 3. The molecule has 2 aromatic carbocycles. The highest BCUT2D eigenvalue weighted by Crippen LogP contribution is 2.30. The molecule has 0 fully saturated rings. The van der Waals surface area contributed by atoms with Crippen LogP contribution in [0, 0.1) is 13.8 Å². The summed E-state index contributed by atoms with van der Waals surface area (Å²) in [7, 11) is 0. The first-order chi connectivity index (χ1) is 14.5. The highest BCUT2D eigenvalue weighted by molar-refractivity contribution is 5.92. The van der Waals surface area contributed by atoms with Crippen LogP contribution < -0.4 is 15.6 Å². The second-order valence-electron chi connectivity index (χ2n) is 6.88. The zero-order valence-electron chi connectivity index (χ0n) is 16.6. The summed E-state index contributed by atoms with van der Waals surface area (Å²) in [5.74, 6) is 0.583. The number of fused-ring (bicyclic) bond motifs is 1. The van der Waals surface area contributed by atoms with Crippen molar-refractivity contribution in [2.24, 2.45) is 0 Å². The van der Waals surface area contributed by atoms with Gasteiger partial charge in [0.2, 0.25) is 11.8 Å².